The molecule has 11 heteroatoms. The highest BCUT2D eigenvalue weighted by molar-refractivity contribution is 5.76. The van der Waals surface area contributed by atoms with Crippen molar-refractivity contribution in [1.29, 1.82) is 0 Å². The maximum absolute atomic E-state index is 13.0. The van der Waals surface area contributed by atoms with Crippen molar-refractivity contribution >= 4 is 11.9 Å². The summed E-state index contributed by atoms with van der Waals surface area (Å²) in [6.45, 7) is 4.32. The van der Waals surface area contributed by atoms with Gasteiger partial charge in [-0.15, -0.1) is 0 Å². The van der Waals surface area contributed by atoms with Gasteiger partial charge in [0, 0.05) is 12.8 Å². The number of allylic oxidation sites excluding steroid dienone is 3. The number of aliphatic hydroxyl groups is 5. The van der Waals surface area contributed by atoms with Gasteiger partial charge >= 0.3 is 5.97 Å². The third-order valence-corrected chi connectivity index (χ3v) is 14.8. The fourth-order valence-electron chi connectivity index (χ4n) is 9.84. The molecule has 0 aromatic heterocycles. The number of hydrogen-bond donors (Lipinski definition) is 6. The number of hydrogen-bond acceptors (Lipinski definition) is 10. The molecule has 1 rings (SSSR count). The quantitative estimate of drug-likeness (QED) is 0.0195. The summed E-state index contributed by atoms with van der Waals surface area (Å²) in [5.74, 6) is -0.186. The second-order valence-corrected chi connectivity index (χ2v) is 21.8. The van der Waals surface area contributed by atoms with Gasteiger partial charge in [0.25, 0.3) is 0 Å². The van der Waals surface area contributed by atoms with Crippen LogP contribution in [0.2, 0.25) is 0 Å². The summed E-state index contributed by atoms with van der Waals surface area (Å²) in [6.07, 6.45) is 52.9. The number of unbranched alkanes of at least 4 members (excludes halogenated alkanes) is 38. The van der Waals surface area contributed by atoms with Gasteiger partial charge in [0.05, 0.1) is 32.0 Å². The van der Waals surface area contributed by atoms with Crippen LogP contribution in [0.5, 0.6) is 0 Å². The zero-order valence-electron chi connectivity index (χ0n) is 47.4. The van der Waals surface area contributed by atoms with Crippen LogP contribution in [0.15, 0.2) is 24.3 Å². The van der Waals surface area contributed by atoms with Crippen molar-refractivity contribution in [2.45, 2.75) is 339 Å². The van der Waals surface area contributed by atoms with Crippen LogP contribution >= 0.6 is 0 Å². The highest BCUT2D eigenvalue weighted by Gasteiger charge is 2.44. The Balaban J connectivity index is 1.99. The Bertz CT molecular complexity index is 1260. The number of ether oxygens (including phenoxy) is 3. The average molecular weight is 1040 g/mol. The summed E-state index contributed by atoms with van der Waals surface area (Å²) in [5, 5.41) is 54.2. The molecule has 0 bridgehead atoms. The normalized spacial score (nSPS) is 19.0. The Labute approximate surface area is 448 Å². The molecule has 6 N–H and O–H groups in total. The van der Waals surface area contributed by atoms with E-state index in [0.29, 0.717) is 19.4 Å². The molecule has 73 heavy (non-hydrogen) atoms. The van der Waals surface area contributed by atoms with E-state index in [2.05, 4.69) is 31.3 Å². The largest absolute Gasteiger partial charge is 0.466 e. The van der Waals surface area contributed by atoms with Gasteiger partial charge in [0.15, 0.2) is 6.29 Å². The third kappa shape index (κ3) is 41.9. The molecule has 7 atom stereocenters. The van der Waals surface area contributed by atoms with Gasteiger partial charge in [-0.05, 0) is 57.8 Å². The summed E-state index contributed by atoms with van der Waals surface area (Å²) in [4.78, 5) is 25.0. The first-order chi connectivity index (χ1) is 35.7. The maximum atomic E-state index is 13.0. The van der Waals surface area contributed by atoms with E-state index in [0.717, 1.165) is 64.2 Å². The zero-order chi connectivity index (χ0) is 53.1. The predicted molar refractivity (Wildman–Crippen MR) is 301 cm³/mol. The maximum Gasteiger partial charge on any atom is 0.305 e. The Morgan fingerprint density at radius 3 is 1.32 bits per heavy atom. The van der Waals surface area contributed by atoms with Gasteiger partial charge < -0.3 is 45.1 Å². The Hall–Kier alpha value is -1.86. The molecule has 0 spiro atoms. The van der Waals surface area contributed by atoms with E-state index >= 15 is 0 Å². The molecule has 0 aliphatic carbocycles. The number of carbonyl (C=O) groups excluding carboxylic acids is 2. The molecule has 0 radical (unpaired) electrons. The molecule has 1 heterocycles. The highest BCUT2D eigenvalue weighted by atomic mass is 16.7. The van der Waals surface area contributed by atoms with Crippen LogP contribution in [0.3, 0.4) is 0 Å². The van der Waals surface area contributed by atoms with Gasteiger partial charge in [-0.25, -0.2) is 0 Å². The summed E-state index contributed by atoms with van der Waals surface area (Å²) >= 11 is 0. The van der Waals surface area contributed by atoms with Gasteiger partial charge in [-0.1, -0.05) is 250 Å². The lowest BCUT2D eigenvalue weighted by Crippen LogP contribution is -2.60. The van der Waals surface area contributed by atoms with Gasteiger partial charge in [-0.2, -0.15) is 0 Å². The first-order valence-electron chi connectivity index (χ1n) is 31.1. The molecule has 430 valence electrons. The third-order valence-electron chi connectivity index (χ3n) is 14.8. The fourth-order valence-corrected chi connectivity index (χ4v) is 9.84. The summed E-state index contributed by atoms with van der Waals surface area (Å²) in [5.41, 5.74) is 0. The zero-order valence-corrected chi connectivity index (χ0v) is 47.4. The van der Waals surface area contributed by atoms with E-state index in [1.54, 1.807) is 6.08 Å². The average Bonchev–Trinajstić information content (AvgIpc) is 3.39. The lowest BCUT2D eigenvalue weighted by molar-refractivity contribution is -0.302. The second kappa shape index (κ2) is 52.2. The Morgan fingerprint density at radius 1 is 0.493 bits per heavy atom. The topological polar surface area (TPSA) is 175 Å². The first kappa shape index (κ1) is 69.2. The lowest BCUT2D eigenvalue weighted by Gasteiger charge is -2.40. The van der Waals surface area contributed by atoms with E-state index in [1.807, 2.05) is 6.08 Å². The number of aliphatic hydroxyl groups excluding tert-OH is 5. The van der Waals surface area contributed by atoms with Crippen molar-refractivity contribution in [3.05, 3.63) is 24.3 Å². The van der Waals surface area contributed by atoms with Crippen molar-refractivity contribution in [2.24, 2.45) is 0 Å². The van der Waals surface area contributed by atoms with Crippen LogP contribution in [-0.4, -0.2) is 100 Å². The summed E-state index contributed by atoms with van der Waals surface area (Å²) in [6, 6.07) is -0.811. The van der Waals surface area contributed by atoms with Crippen LogP contribution < -0.4 is 5.32 Å². The minimum atomic E-state index is -1.57. The molecular weight excluding hydrogens is 919 g/mol. The van der Waals surface area contributed by atoms with E-state index < -0.39 is 49.5 Å². The molecular formula is C62H117NO10. The van der Waals surface area contributed by atoms with Crippen molar-refractivity contribution in [1.82, 2.24) is 5.32 Å². The Morgan fingerprint density at radius 2 is 0.877 bits per heavy atom. The van der Waals surface area contributed by atoms with Crippen LogP contribution in [0.4, 0.5) is 0 Å². The van der Waals surface area contributed by atoms with E-state index in [4.69, 9.17) is 14.2 Å². The van der Waals surface area contributed by atoms with Crippen LogP contribution in [0.25, 0.3) is 0 Å². The molecule has 7 unspecified atom stereocenters. The minimum absolute atomic E-state index is 0.00211. The SMILES string of the molecule is CCCCCCCCC/C=C/C(O)C(COC1OC(CO)C(O)C(O)C1O)NC(=O)CCCCCCCCCC/C=C\CCCCCCCCCCCCCCOC(=O)CCCCCCCCCCCCCC. The minimum Gasteiger partial charge on any atom is -0.466 e. The molecule has 1 aliphatic heterocycles. The molecule has 11 nitrogen and oxygen atoms in total. The summed E-state index contributed by atoms with van der Waals surface area (Å²) < 4.78 is 16.7. The standard InChI is InChI=1S/C62H117NO10/c1-3-5-7-9-11-13-14-30-34-38-42-46-50-58(67)71-51-47-43-39-35-31-28-26-24-22-20-18-16-15-17-19-21-23-25-27-29-33-37-41-45-49-57(66)63-54(55(65)48-44-40-36-32-12-10-8-6-4-2)53-72-62-61(70)60(69)59(68)56(52-64)73-62/h17,19,44,48,54-56,59-62,64-65,68-70H,3-16,18,20-43,45-47,49-53H2,1-2H3,(H,63,66)/b19-17-,48-44+. The molecule has 0 aromatic rings. The fraction of sp³-hybridized carbons (Fsp3) is 0.903. The predicted octanol–water partition coefficient (Wildman–Crippen LogP) is 14.5. The van der Waals surface area contributed by atoms with Gasteiger partial charge in [-0.3, -0.25) is 9.59 Å². The lowest BCUT2D eigenvalue weighted by atomic mass is 9.99. The van der Waals surface area contributed by atoms with Crippen LogP contribution in [0, 0.1) is 0 Å². The van der Waals surface area contributed by atoms with Crippen molar-refractivity contribution in [2.75, 3.05) is 19.8 Å². The number of carbonyl (C=O) groups is 2. The molecule has 1 fully saturated rings. The van der Waals surface area contributed by atoms with Crippen molar-refractivity contribution in [3.8, 4) is 0 Å². The molecule has 0 saturated carbocycles. The van der Waals surface area contributed by atoms with Gasteiger partial charge in [0.1, 0.15) is 24.4 Å². The number of esters is 1. The van der Waals surface area contributed by atoms with E-state index in [-0.39, 0.29) is 18.5 Å². The van der Waals surface area contributed by atoms with Crippen LogP contribution in [-0.2, 0) is 23.8 Å². The number of amides is 1. The van der Waals surface area contributed by atoms with Gasteiger partial charge in [0.2, 0.25) is 5.91 Å². The van der Waals surface area contributed by atoms with Crippen molar-refractivity contribution in [3.63, 3.8) is 0 Å². The first-order valence-corrected chi connectivity index (χ1v) is 31.1. The molecule has 0 aromatic carbocycles. The molecule has 1 aliphatic rings. The van der Waals surface area contributed by atoms with Crippen molar-refractivity contribution < 1.29 is 49.3 Å². The molecule has 1 amide bonds. The van der Waals surface area contributed by atoms with E-state index in [9.17, 15) is 35.1 Å². The van der Waals surface area contributed by atoms with E-state index in [1.165, 1.54) is 205 Å². The summed E-state index contributed by atoms with van der Waals surface area (Å²) in [7, 11) is 0. The highest BCUT2D eigenvalue weighted by Crippen LogP contribution is 2.23. The second-order valence-electron chi connectivity index (χ2n) is 21.8. The Kier molecular flexibility index (Phi) is 49.5. The molecule has 1 saturated heterocycles. The number of rotatable bonds is 54. The smallest absolute Gasteiger partial charge is 0.305 e. The number of nitrogens with one attached hydrogen (secondary N) is 1. The van der Waals surface area contributed by atoms with Crippen LogP contribution in [0.1, 0.15) is 296 Å². The monoisotopic (exact) mass is 1040 g/mol.